The smallest absolute Gasteiger partial charge is 0.256 e. The van der Waals surface area contributed by atoms with E-state index in [4.69, 9.17) is 4.74 Å². The van der Waals surface area contributed by atoms with Crippen molar-refractivity contribution in [2.24, 2.45) is 0 Å². The highest BCUT2D eigenvalue weighted by molar-refractivity contribution is 6.23. The molecule has 25 heavy (non-hydrogen) atoms. The van der Waals surface area contributed by atoms with Crippen LogP contribution in [0.4, 0.5) is 11.4 Å². The van der Waals surface area contributed by atoms with E-state index in [9.17, 15) is 9.59 Å². The Hall–Kier alpha value is -2.82. The number of benzene rings is 2. The monoisotopic (exact) mass is 338 g/mol. The number of rotatable bonds is 5. The number of amides is 2. The van der Waals surface area contributed by atoms with Crippen molar-refractivity contribution in [3.05, 3.63) is 53.6 Å². The maximum atomic E-state index is 12.7. The largest absolute Gasteiger partial charge is 0.494 e. The van der Waals surface area contributed by atoms with Gasteiger partial charge in [-0.2, -0.15) is 0 Å². The topological polar surface area (TPSA) is 58.6 Å². The molecule has 1 saturated heterocycles. The number of carbonyl (C=O) groups is 2. The van der Waals surface area contributed by atoms with Gasteiger partial charge in [-0.05, 0) is 68.3 Å². The lowest BCUT2D eigenvalue weighted by atomic mass is 10.1. The second kappa shape index (κ2) is 6.97. The molecule has 0 spiro atoms. The van der Waals surface area contributed by atoms with E-state index in [1.807, 2.05) is 39.0 Å². The average Bonchev–Trinajstić information content (AvgIpc) is 2.86. The standard InChI is InChI=1S/C20H22N2O3/c1-4-25-17-9-7-16(8-10-17)22-19(23)12-18(20(22)24)21-15-6-5-13(2)14(3)11-15/h5-11,18,21H,4,12H2,1-3H3. The van der Waals surface area contributed by atoms with E-state index >= 15 is 0 Å². The van der Waals surface area contributed by atoms with Crippen LogP contribution in [0, 0.1) is 13.8 Å². The maximum Gasteiger partial charge on any atom is 0.256 e. The number of hydrogen-bond donors (Lipinski definition) is 1. The first kappa shape index (κ1) is 17.0. The molecule has 0 saturated carbocycles. The third-order valence-electron chi connectivity index (χ3n) is 4.40. The van der Waals surface area contributed by atoms with Crippen molar-refractivity contribution < 1.29 is 14.3 Å². The van der Waals surface area contributed by atoms with E-state index in [2.05, 4.69) is 5.32 Å². The SMILES string of the molecule is CCOc1ccc(N2C(=O)CC(Nc3ccc(C)c(C)c3)C2=O)cc1. The van der Waals surface area contributed by atoms with Crippen molar-refractivity contribution >= 4 is 23.2 Å². The van der Waals surface area contributed by atoms with Crippen LogP contribution in [0.3, 0.4) is 0 Å². The summed E-state index contributed by atoms with van der Waals surface area (Å²) in [5.41, 5.74) is 3.76. The van der Waals surface area contributed by atoms with E-state index in [-0.39, 0.29) is 18.2 Å². The molecule has 2 aromatic rings. The quantitative estimate of drug-likeness (QED) is 0.849. The molecule has 0 radical (unpaired) electrons. The Kier molecular flexibility index (Phi) is 4.74. The third-order valence-corrected chi connectivity index (χ3v) is 4.40. The summed E-state index contributed by atoms with van der Waals surface area (Å²) in [6.45, 7) is 6.54. The third kappa shape index (κ3) is 3.50. The van der Waals surface area contributed by atoms with Crippen LogP contribution in [-0.4, -0.2) is 24.5 Å². The molecule has 2 amide bonds. The summed E-state index contributed by atoms with van der Waals surface area (Å²) in [7, 11) is 0. The molecule has 5 heteroatoms. The van der Waals surface area contributed by atoms with Gasteiger partial charge in [-0.25, -0.2) is 4.90 Å². The Morgan fingerprint density at radius 2 is 1.80 bits per heavy atom. The zero-order valence-electron chi connectivity index (χ0n) is 14.7. The van der Waals surface area contributed by atoms with Crippen molar-refractivity contribution in [1.29, 1.82) is 0 Å². The number of ether oxygens (including phenoxy) is 1. The van der Waals surface area contributed by atoms with Crippen LogP contribution >= 0.6 is 0 Å². The molecule has 0 aliphatic carbocycles. The van der Waals surface area contributed by atoms with E-state index in [0.29, 0.717) is 12.3 Å². The average molecular weight is 338 g/mol. The first-order valence-corrected chi connectivity index (χ1v) is 8.43. The van der Waals surface area contributed by atoms with Crippen molar-refractivity contribution in [1.82, 2.24) is 0 Å². The Labute approximate surface area is 147 Å². The second-order valence-electron chi connectivity index (χ2n) is 6.19. The molecule has 1 aliphatic heterocycles. The summed E-state index contributed by atoms with van der Waals surface area (Å²) in [6.07, 6.45) is 0.152. The van der Waals surface area contributed by atoms with Crippen LogP contribution in [0.25, 0.3) is 0 Å². The van der Waals surface area contributed by atoms with Gasteiger partial charge in [0.1, 0.15) is 11.8 Å². The first-order chi connectivity index (χ1) is 12.0. The van der Waals surface area contributed by atoms with Gasteiger partial charge in [-0.1, -0.05) is 6.07 Å². The van der Waals surface area contributed by atoms with Gasteiger partial charge in [0.25, 0.3) is 5.91 Å². The van der Waals surface area contributed by atoms with Gasteiger partial charge in [0, 0.05) is 5.69 Å². The van der Waals surface area contributed by atoms with Gasteiger partial charge in [-0.15, -0.1) is 0 Å². The number of nitrogens with zero attached hydrogens (tertiary/aromatic N) is 1. The number of aryl methyl sites for hydroxylation is 2. The molecular formula is C20H22N2O3. The number of hydrogen-bond acceptors (Lipinski definition) is 4. The molecule has 1 heterocycles. The summed E-state index contributed by atoms with van der Waals surface area (Å²) in [4.78, 5) is 26.3. The van der Waals surface area contributed by atoms with Gasteiger partial charge in [0.15, 0.2) is 0 Å². The lowest BCUT2D eigenvalue weighted by Crippen LogP contribution is -2.34. The van der Waals surface area contributed by atoms with Crippen molar-refractivity contribution in [3.8, 4) is 5.75 Å². The van der Waals surface area contributed by atoms with E-state index in [1.54, 1.807) is 24.3 Å². The summed E-state index contributed by atoms with van der Waals surface area (Å²) >= 11 is 0. The summed E-state index contributed by atoms with van der Waals surface area (Å²) < 4.78 is 5.40. The lowest BCUT2D eigenvalue weighted by Gasteiger charge is -2.17. The maximum absolute atomic E-state index is 12.7. The van der Waals surface area contributed by atoms with Gasteiger partial charge < -0.3 is 10.1 Å². The van der Waals surface area contributed by atoms with Crippen LogP contribution in [0.15, 0.2) is 42.5 Å². The molecule has 1 fully saturated rings. The van der Waals surface area contributed by atoms with Crippen LogP contribution in [-0.2, 0) is 9.59 Å². The number of carbonyl (C=O) groups excluding carboxylic acids is 2. The number of nitrogens with one attached hydrogen (secondary N) is 1. The normalized spacial score (nSPS) is 17.1. The molecule has 0 bridgehead atoms. The van der Waals surface area contributed by atoms with Crippen LogP contribution < -0.4 is 15.0 Å². The van der Waals surface area contributed by atoms with Gasteiger partial charge >= 0.3 is 0 Å². The predicted octanol–water partition coefficient (Wildman–Crippen LogP) is 3.45. The highest BCUT2D eigenvalue weighted by Gasteiger charge is 2.39. The highest BCUT2D eigenvalue weighted by atomic mass is 16.5. The molecule has 1 N–H and O–H groups in total. The molecule has 2 aromatic carbocycles. The lowest BCUT2D eigenvalue weighted by molar-refractivity contribution is -0.121. The first-order valence-electron chi connectivity index (χ1n) is 8.43. The minimum Gasteiger partial charge on any atom is -0.494 e. The molecule has 3 rings (SSSR count). The predicted molar refractivity (Wildman–Crippen MR) is 98.0 cm³/mol. The summed E-state index contributed by atoms with van der Waals surface area (Å²) in [5, 5.41) is 3.18. The van der Waals surface area contributed by atoms with Crippen molar-refractivity contribution in [3.63, 3.8) is 0 Å². The molecular weight excluding hydrogens is 316 g/mol. The Balaban J connectivity index is 1.76. The van der Waals surface area contributed by atoms with Crippen molar-refractivity contribution in [2.75, 3.05) is 16.8 Å². The van der Waals surface area contributed by atoms with Gasteiger partial charge in [-0.3, -0.25) is 9.59 Å². The summed E-state index contributed by atoms with van der Waals surface area (Å²) in [6, 6.07) is 12.4. The summed E-state index contributed by atoms with van der Waals surface area (Å²) in [5.74, 6) is 0.290. The highest BCUT2D eigenvalue weighted by Crippen LogP contribution is 2.27. The van der Waals surface area contributed by atoms with Crippen molar-refractivity contribution in [2.45, 2.75) is 33.2 Å². The fraction of sp³-hybridized carbons (Fsp3) is 0.300. The Morgan fingerprint density at radius 3 is 2.44 bits per heavy atom. The minimum absolute atomic E-state index is 0.152. The fourth-order valence-electron chi connectivity index (χ4n) is 2.91. The molecule has 1 aliphatic rings. The van der Waals surface area contributed by atoms with Gasteiger partial charge in [0.2, 0.25) is 5.91 Å². The van der Waals surface area contributed by atoms with Crippen LogP contribution in [0.1, 0.15) is 24.5 Å². The molecule has 130 valence electrons. The Bertz CT molecular complexity index is 799. The number of anilines is 2. The minimum atomic E-state index is -0.541. The van der Waals surface area contributed by atoms with E-state index in [0.717, 1.165) is 17.0 Å². The zero-order chi connectivity index (χ0) is 18.0. The fourth-order valence-corrected chi connectivity index (χ4v) is 2.91. The van der Waals surface area contributed by atoms with Gasteiger partial charge in [0.05, 0.1) is 18.7 Å². The van der Waals surface area contributed by atoms with E-state index in [1.165, 1.54) is 10.5 Å². The second-order valence-corrected chi connectivity index (χ2v) is 6.19. The zero-order valence-corrected chi connectivity index (χ0v) is 14.7. The van der Waals surface area contributed by atoms with E-state index < -0.39 is 6.04 Å². The molecule has 0 aromatic heterocycles. The molecule has 1 unspecified atom stereocenters. The molecule has 5 nitrogen and oxygen atoms in total. The number of imide groups is 1. The van der Waals surface area contributed by atoms with Crippen LogP contribution in [0.5, 0.6) is 5.75 Å². The van der Waals surface area contributed by atoms with Crippen LogP contribution in [0.2, 0.25) is 0 Å². The Morgan fingerprint density at radius 1 is 1.08 bits per heavy atom. The molecule has 1 atom stereocenters.